The predicted octanol–water partition coefficient (Wildman–Crippen LogP) is 1.33. The molecule has 26 valence electrons. The van der Waals surface area contributed by atoms with Crippen LogP contribution in [0.2, 0.25) is 0 Å². The maximum absolute atomic E-state index is 2.96. The lowest BCUT2D eigenvalue weighted by atomic mass is 10.6. The fourth-order valence-corrected chi connectivity index (χ4v) is 0.722. The minimum Gasteiger partial charge on any atom is -0.143 e. The van der Waals surface area contributed by atoms with Crippen molar-refractivity contribution in [3.63, 3.8) is 0 Å². The van der Waals surface area contributed by atoms with Gasteiger partial charge in [0.2, 0.25) is 0 Å². The summed E-state index contributed by atoms with van der Waals surface area (Å²) in [5.74, 6) is 4.08. The van der Waals surface area contributed by atoms with Crippen LogP contribution in [0, 0.1) is 5.75 Å². The van der Waals surface area contributed by atoms with Gasteiger partial charge in [0.05, 0.1) is 5.75 Å². The highest BCUT2D eigenvalue weighted by Gasteiger charge is 1.86. The van der Waals surface area contributed by atoms with Crippen molar-refractivity contribution in [2.75, 3.05) is 5.75 Å². The average Bonchev–Trinajstić information content (AvgIpc) is 1.76. The standard InChI is InChI=1S/C4H4S/c1-2-4-5-3-1/h1-2H,3H2. The molecule has 0 nitrogen and oxygen atoms in total. The molecule has 0 atom stereocenters. The molecular weight excluding hydrogens is 80.1 g/mol. The Morgan fingerprint density at radius 1 is 1.80 bits per heavy atom. The monoisotopic (exact) mass is 84.0 g/mol. The third-order valence-electron chi connectivity index (χ3n) is 0.449. The Morgan fingerprint density at radius 3 is 3.00 bits per heavy atom. The van der Waals surface area contributed by atoms with Crippen molar-refractivity contribution >= 4 is 11.8 Å². The molecule has 0 saturated carbocycles. The molecule has 0 unspecified atom stereocenters. The van der Waals surface area contributed by atoms with Crippen LogP contribution in [-0.2, 0) is 0 Å². The normalized spacial score (nSPS) is 20.8. The van der Waals surface area contributed by atoms with Gasteiger partial charge in [0.15, 0.2) is 0 Å². The van der Waals surface area contributed by atoms with Crippen LogP contribution >= 0.6 is 11.8 Å². The van der Waals surface area contributed by atoms with E-state index in [1.807, 2.05) is 6.08 Å². The van der Waals surface area contributed by atoms with E-state index in [0.717, 1.165) is 5.75 Å². The Kier molecular flexibility index (Phi) is 0.991. The first-order valence-electron chi connectivity index (χ1n) is 1.52. The summed E-state index contributed by atoms with van der Waals surface area (Å²) >= 11 is 1.71. The highest BCUT2D eigenvalue weighted by atomic mass is 32.2. The van der Waals surface area contributed by atoms with Crippen LogP contribution in [0.5, 0.6) is 0 Å². The lowest BCUT2D eigenvalue weighted by molar-refractivity contribution is 1.83. The summed E-state index contributed by atoms with van der Waals surface area (Å²) < 4.78 is 0. The molecule has 0 saturated heterocycles. The second-order valence-electron chi connectivity index (χ2n) is 0.831. The molecule has 0 amide bonds. The van der Waals surface area contributed by atoms with Gasteiger partial charge in [-0.25, -0.2) is 0 Å². The molecule has 0 aromatic carbocycles. The molecule has 0 aromatic heterocycles. The van der Waals surface area contributed by atoms with Crippen LogP contribution in [-0.4, -0.2) is 5.75 Å². The Labute approximate surface area is 36.3 Å². The van der Waals surface area contributed by atoms with E-state index < -0.39 is 0 Å². The number of thioether (sulfide) groups is 1. The quantitative estimate of drug-likeness (QED) is 0.426. The van der Waals surface area contributed by atoms with E-state index in [4.69, 9.17) is 0 Å². The molecule has 0 spiro atoms. The van der Waals surface area contributed by atoms with Crippen LogP contribution in [0.3, 0.4) is 0 Å². The van der Waals surface area contributed by atoms with E-state index in [1.54, 1.807) is 11.8 Å². The summed E-state index contributed by atoms with van der Waals surface area (Å²) in [5.41, 5.74) is 0. The van der Waals surface area contributed by atoms with E-state index >= 15 is 0 Å². The third kappa shape index (κ3) is 0.690. The molecule has 0 bridgehead atoms. The summed E-state index contributed by atoms with van der Waals surface area (Å²) in [6.45, 7) is 0. The maximum atomic E-state index is 2.96. The molecule has 2 radical (unpaired) electrons. The number of hydrogen-bond acceptors (Lipinski definition) is 1. The van der Waals surface area contributed by atoms with Crippen molar-refractivity contribution in [1.29, 1.82) is 0 Å². The molecule has 0 fully saturated rings. The molecule has 0 aromatic rings. The highest BCUT2D eigenvalue weighted by molar-refractivity contribution is 8.01. The summed E-state index contributed by atoms with van der Waals surface area (Å²) in [7, 11) is 0. The van der Waals surface area contributed by atoms with Gasteiger partial charge in [-0.2, -0.15) is 0 Å². The van der Waals surface area contributed by atoms with Crippen molar-refractivity contribution in [3.05, 3.63) is 17.9 Å². The summed E-state index contributed by atoms with van der Waals surface area (Å²) in [6, 6.07) is 0. The van der Waals surface area contributed by atoms with Crippen LogP contribution in [0.4, 0.5) is 0 Å². The molecule has 1 heterocycles. The zero-order chi connectivity index (χ0) is 3.54. The van der Waals surface area contributed by atoms with Gasteiger partial charge in [0, 0.05) is 5.75 Å². The first-order valence-corrected chi connectivity index (χ1v) is 2.51. The Balaban J connectivity index is 2.32. The fourth-order valence-electron chi connectivity index (χ4n) is 0.241. The van der Waals surface area contributed by atoms with Crippen LogP contribution in [0.1, 0.15) is 0 Å². The lowest BCUT2D eigenvalue weighted by Gasteiger charge is -1.69. The summed E-state index contributed by atoms with van der Waals surface area (Å²) in [4.78, 5) is 0. The summed E-state index contributed by atoms with van der Waals surface area (Å²) in [5, 5.41) is 0. The van der Waals surface area contributed by atoms with Gasteiger partial charge in [-0.3, -0.25) is 0 Å². The van der Waals surface area contributed by atoms with Crippen molar-refractivity contribution < 1.29 is 0 Å². The third-order valence-corrected chi connectivity index (χ3v) is 1.11. The maximum Gasteiger partial charge on any atom is 0.0740 e. The summed E-state index contributed by atoms with van der Waals surface area (Å²) in [6.07, 6.45) is 4.04. The molecule has 0 aliphatic carbocycles. The van der Waals surface area contributed by atoms with E-state index in [0.29, 0.717) is 0 Å². The molecule has 1 rings (SSSR count). The van der Waals surface area contributed by atoms with Gasteiger partial charge in [-0.15, -0.1) is 11.8 Å². The zero-order valence-corrected chi connectivity index (χ0v) is 3.59. The SMILES string of the molecule is [C]1C=CCS1. The van der Waals surface area contributed by atoms with Crippen molar-refractivity contribution in [2.24, 2.45) is 0 Å². The molecule has 0 N–H and O–H groups in total. The molecular formula is C4H4S. The van der Waals surface area contributed by atoms with Crippen molar-refractivity contribution in [1.82, 2.24) is 0 Å². The highest BCUT2D eigenvalue weighted by Crippen LogP contribution is 2.12. The largest absolute Gasteiger partial charge is 0.143 e. The van der Waals surface area contributed by atoms with Crippen LogP contribution < -0.4 is 0 Å². The first-order chi connectivity index (χ1) is 2.50. The average molecular weight is 84.1 g/mol. The molecule has 1 aliphatic rings. The van der Waals surface area contributed by atoms with Gasteiger partial charge < -0.3 is 0 Å². The minimum atomic E-state index is 1.12. The van der Waals surface area contributed by atoms with Crippen LogP contribution in [0.15, 0.2) is 12.2 Å². The van der Waals surface area contributed by atoms with Crippen LogP contribution in [0.25, 0.3) is 0 Å². The predicted molar refractivity (Wildman–Crippen MR) is 24.8 cm³/mol. The lowest BCUT2D eigenvalue weighted by Crippen LogP contribution is -1.48. The molecule has 1 heteroatoms. The van der Waals surface area contributed by atoms with Gasteiger partial charge in [0.25, 0.3) is 0 Å². The second kappa shape index (κ2) is 1.51. The minimum absolute atomic E-state index is 1.12. The van der Waals surface area contributed by atoms with E-state index in [-0.39, 0.29) is 0 Å². The molecule has 5 heavy (non-hydrogen) atoms. The van der Waals surface area contributed by atoms with Crippen molar-refractivity contribution in [2.45, 2.75) is 0 Å². The first kappa shape index (κ1) is 3.29. The van der Waals surface area contributed by atoms with E-state index in [9.17, 15) is 0 Å². The topological polar surface area (TPSA) is 0 Å². The fraction of sp³-hybridized carbons (Fsp3) is 0.250. The Morgan fingerprint density at radius 2 is 2.80 bits per heavy atom. The Hall–Kier alpha value is 0.0900. The van der Waals surface area contributed by atoms with E-state index in [2.05, 4.69) is 11.8 Å². The zero-order valence-electron chi connectivity index (χ0n) is 2.77. The van der Waals surface area contributed by atoms with Gasteiger partial charge in [-0.1, -0.05) is 12.2 Å². The molecule has 1 aliphatic heterocycles. The Bertz CT molecular complexity index is 41.6. The number of hydrogen-bond donors (Lipinski definition) is 0. The van der Waals surface area contributed by atoms with Crippen molar-refractivity contribution in [3.8, 4) is 0 Å². The van der Waals surface area contributed by atoms with E-state index in [1.165, 1.54) is 0 Å². The number of rotatable bonds is 0. The van der Waals surface area contributed by atoms with Gasteiger partial charge in [-0.05, 0) is 0 Å². The van der Waals surface area contributed by atoms with Gasteiger partial charge in [0.1, 0.15) is 0 Å². The van der Waals surface area contributed by atoms with Gasteiger partial charge >= 0.3 is 0 Å². The second-order valence-corrected chi connectivity index (χ2v) is 1.69. The smallest absolute Gasteiger partial charge is 0.0740 e.